The smallest absolute Gasteiger partial charge is 0.339 e. The van der Waals surface area contributed by atoms with Crippen LogP contribution in [0.25, 0.3) is 0 Å². The minimum atomic E-state index is -0.166. The molecule has 1 aliphatic rings. The van der Waals surface area contributed by atoms with E-state index in [-0.39, 0.29) is 18.4 Å². The maximum absolute atomic E-state index is 11.1. The molecule has 0 aliphatic carbocycles. The standard InChI is InChI=1S/C9H15NO2.ClH/c1-3-10-6-4-5-8(7-10)9(11)12-2;/h5H,3-4,6-7H2,1-2H3;1H. The lowest BCUT2D eigenvalue weighted by molar-refractivity contribution is -0.894. The van der Waals surface area contributed by atoms with Crippen LogP contribution in [0.1, 0.15) is 13.3 Å². The van der Waals surface area contributed by atoms with E-state index in [0.717, 1.165) is 31.6 Å². The lowest BCUT2D eigenvalue weighted by Gasteiger charge is -2.21. The van der Waals surface area contributed by atoms with Crippen LogP contribution >= 0.6 is 0 Å². The van der Waals surface area contributed by atoms with Crippen LogP contribution in [0.2, 0.25) is 0 Å². The zero-order valence-corrected chi connectivity index (χ0v) is 8.86. The fourth-order valence-electron chi connectivity index (χ4n) is 1.47. The number of methoxy groups -OCH3 is 1. The summed E-state index contributed by atoms with van der Waals surface area (Å²) in [5, 5.41) is 0. The van der Waals surface area contributed by atoms with Crippen molar-refractivity contribution < 1.29 is 26.8 Å². The maximum Gasteiger partial charge on any atom is 0.339 e. The molecule has 0 spiro atoms. The maximum atomic E-state index is 11.1. The van der Waals surface area contributed by atoms with Crippen molar-refractivity contribution in [2.24, 2.45) is 0 Å². The Labute approximate surface area is 85.2 Å². The van der Waals surface area contributed by atoms with Crippen LogP contribution in [0.15, 0.2) is 11.6 Å². The summed E-state index contributed by atoms with van der Waals surface area (Å²) in [6.45, 7) is 5.17. The van der Waals surface area contributed by atoms with Gasteiger partial charge in [-0.05, 0) is 6.92 Å². The fraction of sp³-hybridized carbons (Fsp3) is 0.667. The number of ether oxygens (including phenoxy) is 1. The van der Waals surface area contributed by atoms with Gasteiger partial charge in [-0.3, -0.25) is 0 Å². The number of rotatable bonds is 2. The molecule has 76 valence electrons. The largest absolute Gasteiger partial charge is 1.00 e. The number of carbonyl (C=O) groups excluding carboxylic acids is 1. The minimum absolute atomic E-state index is 0. The third-order valence-electron chi connectivity index (χ3n) is 2.28. The molecule has 1 atom stereocenters. The van der Waals surface area contributed by atoms with Gasteiger partial charge < -0.3 is 22.0 Å². The van der Waals surface area contributed by atoms with Crippen molar-refractivity contribution in [1.82, 2.24) is 0 Å². The third kappa shape index (κ3) is 3.36. The highest BCUT2D eigenvalue weighted by molar-refractivity contribution is 5.88. The summed E-state index contributed by atoms with van der Waals surface area (Å²) in [5.74, 6) is -0.166. The monoisotopic (exact) mass is 205 g/mol. The Morgan fingerprint density at radius 1 is 1.69 bits per heavy atom. The van der Waals surface area contributed by atoms with E-state index in [2.05, 4.69) is 11.7 Å². The Morgan fingerprint density at radius 3 is 2.92 bits per heavy atom. The fourth-order valence-corrected chi connectivity index (χ4v) is 1.47. The summed E-state index contributed by atoms with van der Waals surface area (Å²) < 4.78 is 4.66. The van der Waals surface area contributed by atoms with Crippen LogP contribution in [0, 0.1) is 0 Å². The summed E-state index contributed by atoms with van der Waals surface area (Å²) in [6.07, 6.45) is 2.98. The highest BCUT2D eigenvalue weighted by Gasteiger charge is 2.19. The lowest BCUT2D eigenvalue weighted by Crippen LogP contribution is -3.12. The Morgan fingerprint density at radius 2 is 2.38 bits per heavy atom. The van der Waals surface area contributed by atoms with E-state index in [1.807, 2.05) is 6.08 Å². The van der Waals surface area contributed by atoms with Crippen LogP contribution < -0.4 is 17.3 Å². The van der Waals surface area contributed by atoms with Crippen LogP contribution in [-0.4, -0.2) is 32.7 Å². The molecule has 1 unspecified atom stereocenters. The molecule has 0 bridgehead atoms. The number of halogens is 1. The summed E-state index contributed by atoms with van der Waals surface area (Å²) in [5.41, 5.74) is 0.834. The molecule has 0 aromatic heterocycles. The third-order valence-corrected chi connectivity index (χ3v) is 2.28. The van der Waals surface area contributed by atoms with Crippen molar-refractivity contribution in [3.8, 4) is 0 Å². The molecule has 13 heavy (non-hydrogen) atoms. The molecular weight excluding hydrogens is 190 g/mol. The molecule has 0 aromatic rings. The summed E-state index contributed by atoms with van der Waals surface area (Å²) in [6, 6.07) is 0. The zero-order chi connectivity index (χ0) is 8.97. The van der Waals surface area contributed by atoms with E-state index in [0.29, 0.717) is 0 Å². The van der Waals surface area contributed by atoms with Crippen molar-refractivity contribution in [1.29, 1.82) is 0 Å². The van der Waals surface area contributed by atoms with E-state index in [1.54, 1.807) is 0 Å². The second-order valence-electron chi connectivity index (χ2n) is 3.04. The predicted molar refractivity (Wildman–Crippen MR) is 46.0 cm³/mol. The van der Waals surface area contributed by atoms with Gasteiger partial charge in [0.1, 0.15) is 6.54 Å². The van der Waals surface area contributed by atoms with Gasteiger partial charge >= 0.3 is 5.97 Å². The van der Waals surface area contributed by atoms with Gasteiger partial charge in [-0.15, -0.1) is 0 Å². The SMILES string of the molecule is CC[NH+]1CCC=C(C(=O)OC)C1.[Cl-]. The quantitative estimate of drug-likeness (QED) is 0.473. The number of quaternary nitrogens is 1. The minimum Gasteiger partial charge on any atom is -1.00 e. The Hall–Kier alpha value is -0.540. The average molecular weight is 206 g/mol. The van der Waals surface area contributed by atoms with Crippen molar-refractivity contribution in [2.75, 3.05) is 26.7 Å². The molecule has 0 amide bonds. The first-order valence-electron chi connectivity index (χ1n) is 4.38. The van der Waals surface area contributed by atoms with Crippen LogP contribution in [0.5, 0.6) is 0 Å². The van der Waals surface area contributed by atoms with Crippen LogP contribution in [-0.2, 0) is 9.53 Å². The summed E-state index contributed by atoms with van der Waals surface area (Å²) in [7, 11) is 1.43. The Kier molecular flexibility index (Phi) is 5.75. The highest BCUT2D eigenvalue weighted by Crippen LogP contribution is 1.99. The molecule has 0 aromatic carbocycles. The molecule has 1 heterocycles. The number of likely N-dealkylation sites (N-methyl/N-ethyl adjacent to an activating group) is 1. The first-order chi connectivity index (χ1) is 5.77. The zero-order valence-electron chi connectivity index (χ0n) is 8.10. The average Bonchev–Trinajstić information content (AvgIpc) is 2.17. The predicted octanol–water partition coefficient (Wildman–Crippen LogP) is -3.60. The number of hydrogen-bond acceptors (Lipinski definition) is 2. The summed E-state index contributed by atoms with van der Waals surface area (Å²) >= 11 is 0. The Bertz CT molecular complexity index is 204. The van der Waals surface area contributed by atoms with Gasteiger partial charge in [0, 0.05) is 6.42 Å². The van der Waals surface area contributed by atoms with Crippen molar-refractivity contribution in [2.45, 2.75) is 13.3 Å². The van der Waals surface area contributed by atoms with E-state index in [1.165, 1.54) is 12.0 Å². The van der Waals surface area contributed by atoms with E-state index in [9.17, 15) is 4.79 Å². The van der Waals surface area contributed by atoms with Crippen molar-refractivity contribution in [3.05, 3.63) is 11.6 Å². The number of carbonyl (C=O) groups is 1. The van der Waals surface area contributed by atoms with Gasteiger partial charge in [-0.25, -0.2) is 4.79 Å². The molecule has 0 radical (unpaired) electrons. The first kappa shape index (κ1) is 12.5. The molecule has 4 heteroatoms. The number of esters is 1. The summed E-state index contributed by atoms with van der Waals surface area (Å²) in [4.78, 5) is 12.6. The van der Waals surface area contributed by atoms with Gasteiger partial charge in [0.2, 0.25) is 0 Å². The topological polar surface area (TPSA) is 30.7 Å². The molecule has 0 fully saturated rings. The van der Waals surface area contributed by atoms with Gasteiger partial charge in [0.25, 0.3) is 0 Å². The second-order valence-corrected chi connectivity index (χ2v) is 3.04. The van der Waals surface area contributed by atoms with Gasteiger partial charge in [0.15, 0.2) is 0 Å². The van der Waals surface area contributed by atoms with E-state index in [4.69, 9.17) is 0 Å². The molecule has 3 nitrogen and oxygen atoms in total. The van der Waals surface area contributed by atoms with Crippen LogP contribution in [0.4, 0.5) is 0 Å². The number of nitrogens with one attached hydrogen (secondary N) is 1. The lowest BCUT2D eigenvalue weighted by atomic mass is 10.1. The Balaban J connectivity index is 0.00000144. The molecular formula is C9H16ClNO2. The molecule has 1 N–H and O–H groups in total. The molecule has 1 aliphatic heterocycles. The second kappa shape index (κ2) is 6.00. The van der Waals surface area contributed by atoms with Crippen molar-refractivity contribution >= 4 is 5.97 Å². The molecule has 0 saturated carbocycles. The molecule has 1 rings (SSSR count). The van der Waals surface area contributed by atoms with Crippen LogP contribution in [0.3, 0.4) is 0 Å². The van der Waals surface area contributed by atoms with Crippen molar-refractivity contribution in [3.63, 3.8) is 0 Å². The molecule has 0 saturated heterocycles. The van der Waals surface area contributed by atoms with E-state index < -0.39 is 0 Å². The van der Waals surface area contributed by atoms with Gasteiger partial charge in [-0.1, -0.05) is 6.08 Å². The van der Waals surface area contributed by atoms with Gasteiger partial charge in [0.05, 0.1) is 25.8 Å². The van der Waals surface area contributed by atoms with Gasteiger partial charge in [-0.2, -0.15) is 0 Å². The normalized spacial score (nSPS) is 21.4. The van der Waals surface area contributed by atoms with E-state index >= 15 is 0 Å². The number of hydrogen-bond donors (Lipinski definition) is 1. The first-order valence-corrected chi connectivity index (χ1v) is 4.38. The highest BCUT2D eigenvalue weighted by atomic mass is 35.5.